The Hall–Kier alpha value is -2.37. The molecule has 5 heteroatoms. The number of furan rings is 1. The summed E-state index contributed by atoms with van der Waals surface area (Å²) in [6, 6.07) is 16.3. The zero-order valence-electron chi connectivity index (χ0n) is 14.6. The quantitative estimate of drug-likeness (QED) is 0.663. The van der Waals surface area contributed by atoms with Crippen LogP contribution in [0.1, 0.15) is 21.8 Å². The molecule has 0 bridgehead atoms. The zero-order chi connectivity index (χ0) is 17.8. The predicted octanol–water partition coefficient (Wildman–Crippen LogP) is 3.93. The fraction of sp³-hybridized carbons (Fsp3) is 0.286. The highest BCUT2D eigenvalue weighted by Crippen LogP contribution is 2.24. The Kier molecular flexibility index (Phi) is 5.18. The van der Waals surface area contributed by atoms with Gasteiger partial charge in [0.25, 0.3) is 0 Å². The average molecular weight is 366 g/mol. The van der Waals surface area contributed by atoms with E-state index >= 15 is 0 Å². The highest BCUT2D eigenvalue weighted by atomic mass is 32.1. The first kappa shape index (κ1) is 17.1. The first-order valence-electron chi connectivity index (χ1n) is 8.89. The van der Waals surface area contributed by atoms with E-state index in [2.05, 4.69) is 28.5 Å². The number of benzene rings is 1. The van der Waals surface area contributed by atoms with Crippen LogP contribution in [0.5, 0.6) is 0 Å². The molecule has 4 nitrogen and oxygen atoms in total. The van der Waals surface area contributed by atoms with E-state index in [4.69, 9.17) is 4.42 Å². The van der Waals surface area contributed by atoms with E-state index in [9.17, 15) is 4.79 Å². The molecule has 0 saturated heterocycles. The molecule has 1 amide bonds. The third kappa shape index (κ3) is 4.06. The van der Waals surface area contributed by atoms with Crippen molar-refractivity contribution in [2.24, 2.45) is 0 Å². The lowest BCUT2D eigenvalue weighted by Gasteiger charge is -2.30. The number of amides is 1. The van der Waals surface area contributed by atoms with Crippen molar-refractivity contribution in [3.05, 3.63) is 81.9 Å². The molecule has 0 saturated carbocycles. The van der Waals surface area contributed by atoms with Gasteiger partial charge in [-0.05, 0) is 41.1 Å². The highest BCUT2D eigenvalue weighted by Gasteiger charge is 2.23. The number of carbonyl (C=O) groups is 1. The summed E-state index contributed by atoms with van der Waals surface area (Å²) in [7, 11) is 0. The smallest absolute Gasteiger partial charge is 0.237 e. The van der Waals surface area contributed by atoms with Gasteiger partial charge in [0, 0.05) is 24.5 Å². The van der Waals surface area contributed by atoms with Crippen molar-refractivity contribution in [2.75, 3.05) is 13.1 Å². The lowest BCUT2D eigenvalue weighted by Crippen LogP contribution is -2.42. The summed E-state index contributed by atoms with van der Waals surface area (Å²) in [6.07, 6.45) is 2.65. The van der Waals surface area contributed by atoms with Crippen LogP contribution in [0, 0.1) is 0 Å². The molecular weight excluding hydrogens is 344 g/mol. The van der Waals surface area contributed by atoms with Gasteiger partial charge >= 0.3 is 0 Å². The molecular formula is C21H22N2O2S. The largest absolute Gasteiger partial charge is 0.468 e. The summed E-state index contributed by atoms with van der Waals surface area (Å²) >= 11 is 1.80. The SMILES string of the molecule is O=C(CN(Cc1ccccc1)Cc1ccco1)N1CCc2sccc2C1. The molecule has 0 spiro atoms. The molecule has 1 aliphatic rings. The van der Waals surface area contributed by atoms with Crippen LogP contribution in [0.25, 0.3) is 0 Å². The summed E-state index contributed by atoms with van der Waals surface area (Å²) in [6.45, 7) is 3.30. The predicted molar refractivity (Wildman–Crippen MR) is 103 cm³/mol. The lowest BCUT2D eigenvalue weighted by atomic mass is 10.1. The van der Waals surface area contributed by atoms with Gasteiger partial charge in [-0.15, -0.1) is 11.3 Å². The maximum atomic E-state index is 12.9. The first-order valence-corrected chi connectivity index (χ1v) is 9.77. The normalized spacial score (nSPS) is 13.8. The van der Waals surface area contributed by atoms with E-state index in [-0.39, 0.29) is 5.91 Å². The van der Waals surface area contributed by atoms with Crippen LogP contribution in [0.4, 0.5) is 0 Å². The lowest BCUT2D eigenvalue weighted by molar-refractivity contribution is -0.133. The van der Waals surface area contributed by atoms with Gasteiger partial charge in [0.2, 0.25) is 5.91 Å². The summed E-state index contributed by atoms with van der Waals surface area (Å²) in [5.41, 5.74) is 2.50. The van der Waals surface area contributed by atoms with Gasteiger partial charge in [-0.1, -0.05) is 30.3 Å². The Morgan fingerprint density at radius 2 is 2.00 bits per heavy atom. The molecule has 0 atom stereocenters. The number of nitrogens with zero attached hydrogens (tertiary/aromatic N) is 2. The second-order valence-electron chi connectivity index (χ2n) is 6.64. The number of carbonyl (C=O) groups excluding carboxylic acids is 1. The molecule has 26 heavy (non-hydrogen) atoms. The van der Waals surface area contributed by atoms with Gasteiger partial charge in [-0.3, -0.25) is 9.69 Å². The van der Waals surface area contributed by atoms with E-state index in [1.165, 1.54) is 16.0 Å². The van der Waals surface area contributed by atoms with E-state index in [0.717, 1.165) is 31.8 Å². The molecule has 0 unspecified atom stereocenters. The minimum absolute atomic E-state index is 0.185. The van der Waals surface area contributed by atoms with E-state index in [0.29, 0.717) is 13.1 Å². The number of hydrogen-bond donors (Lipinski definition) is 0. The molecule has 0 N–H and O–H groups in total. The fourth-order valence-corrected chi connectivity index (χ4v) is 4.27. The van der Waals surface area contributed by atoms with Crippen LogP contribution in [-0.2, 0) is 30.8 Å². The Bertz CT molecular complexity index is 842. The summed E-state index contributed by atoms with van der Waals surface area (Å²) in [5.74, 6) is 1.07. The molecule has 3 heterocycles. The summed E-state index contributed by atoms with van der Waals surface area (Å²) in [4.78, 5) is 18.5. The van der Waals surface area contributed by atoms with Crippen molar-refractivity contribution in [1.29, 1.82) is 0 Å². The Labute approximate surface area is 157 Å². The van der Waals surface area contributed by atoms with Gasteiger partial charge in [-0.2, -0.15) is 0 Å². The van der Waals surface area contributed by atoms with Crippen molar-refractivity contribution >= 4 is 17.2 Å². The van der Waals surface area contributed by atoms with Gasteiger partial charge in [-0.25, -0.2) is 0 Å². The van der Waals surface area contributed by atoms with Crippen LogP contribution < -0.4 is 0 Å². The van der Waals surface area contributed by atoms with Gasteiger partial charge in [0.05, 0.1) is 19.4 Å². The van der Waals surface area contributed by atoms with Crippen LogP contribution >= 0.6 is 11.3 Å². The molecule has 0 aliphatic carbocycles. The second kappa shape index (κ2) is 7.89. The van der Waals surface area contributed by atoms with E-state index in [1.807, 2.05) is 35.2 Å². The highest BCUT2D eigenvalue weighted by molar-refractivity contribution is 7.10. The average Bonchev–Trinajstić information content (AvgIpc) is 3.33. The first-order chi connectivity index (χ1) is 12.8. The van der Waals surface area contributed by atoms with Crippen LogP contribution in [0.3, 0.4) is 0 Å². The molecule has 0 fully saturated rings. The van der Waals surface area contributed by atoms with Gasteiger partial charge < -0.3 is 9.32 Å². The summed E-state index contributed by atoms with van der Waals surface area (Å²) < 4.78 is 5.50. The molecule has 0 radical (unpaired) electrons. The van der Waals surface area contributed by atoms with E-state index < -0.39 is 0 Å². The zero-order valence-corrected chi connectivity index (χ0v) is 15.5. The Morgan fingerprint density at radius 3 is 2.81 bits per heavy atom. The van der Waals surface area contributed by atoms with Gasteiger partial charge in [0.15, 0.2) is 0 Å². The second-order valence-corrected chi connectivity index (χ2v) is 7.65. The molecule has 1 aliphatic heterocycles. The van der Waals surface area contributed by atoms with Crippen molar-refractivity contribution in [2.45, 2.75) is 26.1 Å². The van der Waals surface area contributed by atoms with E-state index in [1.54, 1.807) is 17.6 Å². The Morgan fingerprint density at radius 1 is 1.12 bits per heavy atom. The fourth-order valence-electron chi connectivity index (χ4n) is 3.38. The van der Waals surface area contributed by atoms with Crippen LogP contribution in [0.15, 0.2) is 64.6 Å². The number of thiophene rings is 1. The monoisotopic (exact) mass is 366 g/mol. The van der Waals surface area contributed by atoms with Crippen molar-refractivity contribution < 1.29 is 9.21 Å². The number of rotatable bonds is 6. The van der Waals surface area contributed by atoms with Crippen molar-refractivity contribution in [3.63, 3.8) is 0 Å². The molecule has 4 rings (SSSR count). The maximum absolute atomic E-state index is 12.9. The summed E-state index contributed by atoms with van der Waals surface area (Å²) in [5, 5.41) is 2.12. The number of hydrogen-bond acceptors (Lipinski definition) is 4. The molecule has 134 valence electrons. The third-order valence-electron chi connectivity index (χ3n) is 4.73. The van der Waals surface area contributed by atoms with Crippen molar-refractivity contribution in [1.82, 2.24) is 9.80 Å². The maximum Gasteiger partial charge on any atom is 0.237 e. The van der Waals surface area contributed by atoms with Gasteiger partial charge in [0.1, 0.15) is 5.76 Å². The number of fused-ring (bicyclic) bond motifs is 1. The van der Waals surface area contributed by atoms with Crippen molar-refractivity contribution in [3.8, 4) is 0 Å². The topological polar surface area (TPSA) is 36.7 Å². The van der Waals surface area contributed by atoms with Crippen LogP contribution in [-0.4, -0.2) is 28.8 Å². The minimum atomic E-state index is 0.185. The van der Waals surface area contributed by atoms with Crippen LogP contribution in [0.2, 0.25) is 0 Å². The third-order valence-corrected chi connectivity index (χ3v) is 5.75. The standard InChI is InChI=1S/C21H22N2O2S/c24-21(23-10-8-20-18(14-23)9-12-26-20)16-22(15-19-7-4-11-25-19)13-17-5-2-1-3-6-17/h1-7,9,11-12H,8,10,13-16H2. The minimum Gasteiger partial charge on any atom is -0.468 e. The Balaban J connectivity index is 1.44. The molecule has 2 aromatic heterocycles. The molecule has 3 aromatic rings. The molecule has 1 aromatic carbocycles.